The number of thiazole rings is 1. The van der Waals surface area contributed by atoms with Gasteiger partial charge in [-0.25, -0.2) is 14.7 Å². The lowest BCUT2D eigenvalue weighted by atomic mass is 9.65. The number of methoxy groups -OCH3 is 1. The Balaban J connectivity index is 1.36. The minimum Gasteiger partial charge on any atom is -0.491 e. The van der Waals surface area contributed by atoms with E-state index in [2.05, 4.69) is 17.2 Å². The summed E-state index contributed by atoms with van der Waals surface area (Å²) < 4.78 is 24.1. The highest BCUT2D eigenvalue weighted by Gasteiger charge is 2.76. The number of aliphatic hydroxyl groups is 2. The normalized spacial score (nSPS) is 22.2. The van der Waals surface area contributed by atoms with E-state index in [0.29, 0.717) is 28.0 Å². The molecule has 14 nitrogen and oxygen atoms in total. The summed E-state index contributed by atoms with van der Waals surface area (Å²) in [6.45, 7) is -0.631. The van der Waals surface area contributed by atoms with Crippen LogP contribution in [-0.2, 0) is 34.0 Å². The summed E-state index contributed by atoms with van der Waals surface area (Å²) in [5.74, 6) is 2.47. The summed E-state index contributed by atoms with van der Waals surface area (Å²) in [6.07, 6.45) is -1.79. The average Bonchev–Trinajstić information content (AvgIpc) is 3.97. The maximum absolute atomic E-state index is 16.3. The van der Waals surface area contributed by atoms with Crippen LogP contribution >= 0.6 is 11.3 Å². The fraction of sp³-hybridized carbons (Fsp3) is 0.260. The van der Waals surface area contributed by atoms with Crippen LogP contribution in [0.4, 0.5) is 15.6 Å². The molecule has 4 heterocycles. The maximum Gasteiger partial charge on any atom is 0.421 e. The third-order valence-corrected chi connectivity index (χ3v) is 12.9. The second-order valence-corrected chi connectivity index (χ2v) is 16.7. The number of carbonyl (C=O) groups is 4. The molecule has 0 saturated carbocycles. The number of carbonyl (C=O) groups excluding carboxylic acids is 4. The molecule has 0 radical (unpaired) electrons. The monoisotopic (exact) mass is 892 g/mol. The first-order chi connectivity index (χ1) is 31.8. The highest BCUT2D eigenvalue weighted by Crippen LogP contribution is 2.66. The molecule has 65 heavy (non-hydrogen) atoms. The molecule has 0 unspecified atom stereocenters. The quantitative estimate of drug-likeness (QED) is 0.0693. The number of hydrogen-bond donors (Lipinski definition) is 3. The minimum atomic E-state index is -2.09. The molecule has 3 aliphatic heterocycles. The van der Waals surface area contributed by atoms with Gasteiger partial charge in [-0.3, -0.25) is 19.3 Å². The van der Waals surface area contributed by atoms with E-state index < -0.39 is 59.4 Å². The maximum atomic E-state index is 16.3. The number of aromatic nitrogens is 1. The number of ether oxygens (including phenoxy) is 4. The second kappa shape index (κ2) is 18.7. The van der Waals surface area contributed by atoms with Crippen molar-refractivity contribution in [3.63, 3.8) is 0 Å². The van der Waals surface area contributed by atoms with Gasteiger partial charge in [0.2, 0.25) is 11.8 Å². The van der Waals surface area contributed by atoms with E-state index >= 15 is 14.4 Å². The number of amides is 3. The summed E-state index contributed by atoms with van der Waals surface area (Å²) in [7, 11) is 1.45. The Morgan fingerprint density at radius 3 is 2.31 bits per heavy atom. The number of nitrogens with zero attached hydrogens (tertiary/aromatic N) is 3. The molecule has 3 amide bonds. The van der Waals surface area contributed by atoms with E-state index in [4.69, 9.17) is 23.9 Å². The molecule has 0 aliphatic carbocycles. The van der Waals surface area contributed by atoms with Gasteiger partial charge in [0, 0.05) is 19.1 Å². The van der Waals surface area contributed by atoms with Crippen molar-refractivity contribution >= 4 is 56.2 Å². The minimum absolute atomic E-state index is 0.0351. The molecular weight excluding hydrogens is 849 g/mol. The van der Waals surface area contributed by atoms with Gasteiger partial charge in [-0.1, -0.05) is 108 Å². The average molecular weight is 893 g/mol. The smallest absolute Gasteiger partial charge is 0.421 e. The SMILES string of the molecule is COCCOC(=O)N1C(=O)[C@@]2(c3cc(C#CCCO)ccc31)[C@H](C(=O)Nc1nc3ccccc3s1)[C@H]1C(=O)O[C@H](c3ccccc3)[C@H](c3ccccc3)N1[C@@H]2c1cccc(OCCO)c1. The van der Waals surface area contributed by atoms with E-state index in [1.54, 1.807) is 42.5 Å². The standard InChI is InChI=1S/C50H44N4O10S/c1-61-27-28-63-49(60)53-38-23-22-31(13-10-11-24-55)29-36(38)50(47(53)59)40(45(57)52-48-51-37-20-8-9-21-39(37)65-48)42-46(58)64-43(33-16-6-3-7-17-33)41(32-14-4-2-5-15-32)54(42)44(50)34-18-12-19-35(30-34)62-26-25-56/h2-9,12,14-23,29-30,40-44,55-56H,11,24-28H2,1H3,(H,51,52,57)/t40-,41-,42-,43+,44+,50-/m0/s1. The highest BCUT2D eigenvalue weighted by atomic mass is 32.1. The van der Waals surface area contributed by atoms with Gasteiger partial charge in [0.15, 0.2) is 5.13 Å². The van der Waals surface area contributed by atoms with Crippen LogP contribution in [0.5, 0.6) is 5.75 Å². The van der Waals surface area contributed by atoms with Crippen LogP contribution in [0.1, 0.15) is 52.4 Å². The number of nitrogens with one attached hydrogen (secondary N) is 1. The van der Waals surface area contributed by atoms with Gasteiger partial charge in [0.25, 0.3) is 0 Å². The van der Waals surface area contributed by atoms with Crippen molar-refractivity contribution in [1.82, 2.24) is 9.88 Å². The first-order valence-corrected chi connectivity index (χ1v) is 21.9. The number of cyclic esters (lactones) is 1. The van der Waals surface area contributed by atoms with Crippen molar-refractivity contribution in [2.24, 2.45) is 5.92 Å². The van der Waals surface area contributed by atoms with Crippen molar-refractivity contribution in [1.29, 1.82) is 0 Å². The van der Waals surface area contributed by atoms with Crippen molar-refractivity contribution in [3.05, 3.63) is 155 Å². The molecule has 330 valence electrons. The molecule has 3 N–H and O–H groups in total. The Labute approximate surface area is 378 Å². The van der Waals surface area contributed by atoms with E-state index in [9.17, 15) is 15.0 Å². The molecule has 1 aromatic heterocycles. The van der Waals surface area contributed by atoms with Crippen molar-refractivity contribution in [3.8, 4) is 17.6 Å². The zero-order chi connectivity index (χ0) is 45.1. The number of fused-ring (bicyclic) bond motifs is 4. The van der Waals surface area contributed by atoms with Crippen molar-refractivity contribution in [2.75, 3.05) is 50.4 Å². The van der Waals surface area contributed by atoms with Crippen LogP contribution in [-0.4, -0.2) is 90.2 Å². The van der Waals surface area contributed by atoms with E-state index in [-0.39, 0.29) is 55.8 Å². The fourth-order valence-corrected chi connectivity index (χ4v) is 10.4. The van der Waals surface area contributed by atoms with Crippen molar-refractivity contribution < 1.29 is 48.3 Å². The number of anilines is 2. The van der Waals surface area contributed by atoms with Crippen LogP contribution in [0, 0.1) is 17.8 Å². The largest absolute Gasteiger partial charge is 0.491 e. The number of benzene rings is 5. The Morgan fingerprint density at radius 1 is 0.831 bits per heavy atom. The van der Waals surface area contributed by atoms with Gasteiger partial charge in [-0.2, -0.15) is 0 Å². The number of para-hydroxylation sites is 1. The summed E-state index contributed by atoms with van der Waals surface area (Å²) >= 11 is 1.23. The zero-order valence-electron chi connectivity index (χ0n) is 35.2. The molecule has 5 aromatic carbocycles. The molecule has 9 rings (SSSR count). The molecular formula is C50H44N4O10S. The summed E-state index contributed by atoms with van der Waals surface area (Å²) in [5.41, 5.74) is 1.20. The third kappa shape index (κ3) is 7.79. The van der Waals surface area contributed by atoms with Gasteiger partial charge in [0.1, 0.15) is 36.5 Å². The number of morpholine rings is 1. The van der Waals surface area contributed by atoms with Gasteiger partial charge < -0.3 is 34.5 Å². The first kappa shape index (κ1) is 43.3. The number of rotatable bonds is 12. The van der Waals surface area contributed by atoms with E-state index in [1.165, 1.54) is 18.4 Å². The highest BCUT2D eigenvalue weighted by molar-refractivity contribution is 7.22. The molecule has 6 atom stereocenters. The van der Waals surface area contributed by atoms with Crippen LogP contribution < -0.4 is 15.0 Å². The summed E-state index contributed by atoms with van der Waals surface area (Å²) in [4.78, 5) is 69.4. The molecule has 15 heteroatoms. The Kier molecular flexibility index (Phi) is 12.4. The summed E-state index contributed by atoms with van der Waals surface area (Å²) in [5, 5.41) is 22.6. The van der Waals surface area contributed by atoms with Crippen LogP contribution in [0.3, 0.4) is 0 Å². The van der Waals surface area contributed by atoms with Crippen LogP contribution in [0.25, 0.3) is 10.2 Å². The van der Waals surface area contributed by atoms with Crippen LogP contribution in [0.2, 0.25) is 0 Å². The van der Waals surface area contributed by atoms with E-state index in [1.807, 2.05) is 89.8 Å². The van der Waals surface area contributed by atoms with Gasteiger partial charge in [-0.05, 0) is 64.7 Å². The molecule has 2 fully saturated rings. The number of imide groups is 1. The predicted octanol–water partition coefficient (Wildman–Crippen LogP) is 6.49. The lowest BCUT2D eigenvalue weighted by Crippen LogP contribution is -2.54. The lowest BCUT2D eigenvalue weighted by molar-refractivity contribution is -0.177. The second-order valence-electron chi connectivity index (χ2n) is 15.6. The number of esters is 1. The predicted molar refractivity (Wildman–Crippen MR) is 241 cm³/mol. The topological polar surface area (TPSA) is 177 Å². The summed E-state index contributed by atoms with van der Waals surface area (Å²) in [6, 6.07) is 34.5. The third-order valence-electron chi connectivity index (χ3n) is 12.0. The lowest BCUT2D eigenvalue weighted by Gasteiger charge is -2.46. The van der Waals surface area contributed by atoms with E-state index in [0.717, 1.165) is 15.2 Å². The van der Waals surface area contributed by atoms with Gasteiger partial charge >= 0.3 is 12.1 Å². The molecule has 2 saturated heterocycles. The Bertz CT molecular complexity index is 2780. The van der Waals surface area contributed by atoms with Gasteiger partial charge in [0.05, 0.1) is 53.7 Å². The molecule has 1 spiro atoms. The Hall–Kier alpha value is -6.93. The molecule has 0 bridgehead atoms. The fourth-order valence-electron chi connectivity index (χ4n) is 9.51. The van der Waals surface area contributed by atoms with Gasteiger partial charge in [-0.15, -0.1) is 0 Å². The number of aliphatic hydroxyl groups excluding tert-OH is 2. The first-order valence-electron chi connectivity index (χ1n) is 21.1. The van der Waals surface area contributed by atoms with Crippen molar-refractivity contribution in [2.45, 2.75) is 36.1 Å². The molecule has 3 aliphatic rings. The van der Waals surface area contributed by atoms with Crippen LogP contribution in [0.15, 0.2) is 127 Å². The zero-order valence-corrected chi connectivity index (χ0v) is 36.0. The molecule has 6 aromatic rings. The Morgan fingerprint density at radius 2 is 1.57 bits per heavy atom. The number of hydrogen-bond acceptors (Lipinski definition) is 13.